The molecule has 0 radical (unpaired) electrons. The number of hydrogen-bond donors (Lipinski definition) is 1. The zero-order valence-electron chi connectivity index (χ0n) is 19.1. The van der Waals surface area contributed by atoms with Crippen LogP contribution in [-0.4, -0.2) is 43.7 Å². The number of benzene rings is 3. The number of aromatic amines is 1. The van der Waals surface area contributed by atoms with Crippen molar-refractivity contribution in [3.05, 3.63) is 101 Å². The van der Waals surface area contributed by atoms with Crippen LogP contribution in [0, 0.1) is 5.82 Å². The van der Waals surface area contributed by atoms with Crippen molar-refractivity contribution in [2.45, 2.75) is 12.6 Å². The molecule has 2 aromatic heterocycles. The van der Waals surface area contributed by atoms with Gasteiger partial charge in [-0.25, -0.2) is 14.1 Å². The number of aromatic nitrogens is 4. The first-order chi connectivity index (χ1) is 17.5. The molecule has 1 saturated heterocycles. The molecule has 1 unspecified atom stereocenters. The summed E-state index contributed by atoms with van der Waals surface area (Å²) in [6, 6.07) is 20.0. The molecule has 9 heteroatoms. The highest BCUT2D eigenvalue weighted by Crippen LogP contribution is 2.35. The summed E-state index contributed by atoms with van der Waals surface area (Å²) in [6.07, 6.45) is 3.61. The first-order valence-corrected chi connectivity index (χ1v) is 12.3. The molecule has 7 nitrogen and oxygen atoms in total. The summed E-state index contributed by atoms with van der Waals surface area (Å²) in [7, 11) is 0. The van der Waals surface area contributed by atoms with Gasteiger partial charge in [-0.3, -0.25) is 4.79 Å². The van der Waals surface area contributed by atoms with Gasteiger partial charge < -0.3 is 14.6 Å². The van der Waals surface area contributed by atoms with Crippen LogP contribution < -0.4 is 0 Å². The van der Waals surface area contributed by atoms with E-state index in [1.165, 1.54) is 12.1 Å². The Bertz CT molecular complexity index is 1550. The third kappa shape index (κ3) is 4.31. The Labute approximate surface area is 214 Å². The maximum Gasteiger partial charge on any atom is 0.250 e. The lowest BCUT2D eigenvalue weighted by atomic mass is 10.1. The van der Waals surface area contributed by atoms with Gasteiger partial charge in [0.25, 0.3) is 5.91 Å². The van der Waals surface area contributed by atoms with Crippen molar-refractivity contribution in [2.75, 3.05) is 13.2 Å². The standard InChI is InChI=1S/C27H21BrFN5O2/c28-19-4-8-21(9-5-19)34-14-22(26(32-34)18-2-6-20(29)7-3-18)27-33(25(35)15-36-27)12-11-17-1-10-23-24(13-17)31-16-30-23/h1-10,13-14,16,27H,11-12,15H2,(H,30,31). The van der Waals surface area contributed by atoms with Gasteiger partial charge in [0.1, 0.15) is 18.1 Å². The number of rotatable bonds is 6. The first kappa shape index (κ1) is 22.6. The lowest BCUT2D eigenvalue weighted by Crippen LogP contribution is -2.30. The van der Waals surface area contributed by atoms with Crippen LogP contribution in [0.5, 0.6) is 0 Å². The van der Waals surface area contributed by atoms with E-state index in [4.69, 9.17) is 9.84 Å². The SMILES string of the molecule is O=C1COC(c2cn(-c3ccc(Br)cc3)nc2-c2ccc(F)cc2)N1CCc1ccc2nc[nH]c2c1. The molecule has 1 aliphatic heterocycles. The minimum atomic E-state index is -0.599. The van der Waals surface area contributed by atoms with Crippen LogP contribution >= 0.6 is 15.9 Å². The highest BCUT2D eigenvalue weighted by Gasteiger charge is 2.36. The molecule has 1 aliphatic rings. The number of imidazole rings is 1. The number of nitrogens with one attached hydrogen (secondary N) is 1. The number of carbonyl (C=O) groups is 1. The second kappa shape index (κ2) is 9.33. The van der Waals surface area contributed by atoms with E-state index in [0.29, 0.717) is 18.7 Å². The Balaban J connectivity index is 1.34. The van der Waals surface area contributed by atoms with Crippen LogP contribution in [-0.2, 0) is 16.0 Å². The van der Waals surface area contributed by atoms with Gasteiger partial charge in [-0.1, -0.05) is 22.0 Å². The maximum absolute atomic E-state index is 13.6. The first-order valence-electron chi connectivity index (χ1n) is 11.5. The van der Waals surface area contributed by atoms with Crippen molar-refractivity contribution in [1.82, 2.24) is 24.6 Å². The predicted molar refractivity (Wildman–Crippen MR) is 137 cm³/mol. The van der Waals surface area contributed by atoms with Gasteiger partial charge in [0.15, 0.2) is 6.23 Å². The Morgan fingerprint density at radius 3 is 2.69 bits per heavy atom. The van der Waals surface area contributed by atoms with Gasteiger partial charge in [0, 0.05) is 28.3 Å². The molecule has 0 saturated carbocycles. The van der Waals surface area contributed by atoms with Gasteiger partial charge in [0.05, 0.1) is 23.0 Å². The normalized spacial score (nSPS) is 15.8. The largest absolute Gasteiger partial charge is 0.345 e. The molecule has 0 spiro atoms. The summed E-state index contributed by atoms with van der Waals surface area (Å²) >= 11 is 3.46. The van der Waals surface area contributed by atoms with E-state index in [2.05, 4.69) is 25.9 Å². The lowest BCUT2D eigenvalue weighted by Gasteiger charge is -2.23. The van der Waals surface area contributed by atoms with Crippen LogP contribution in [0.4, 0.5) is 4.39 Å². The van der Waals surface area contributed by atoms with E-state index in [1.807, 2.05) is 48.7 Å². The van der Waals surface area contributed by atoms with Crippen LogP contribution in [0.25, 0.3) is 28.0 Å². The quantitative estimate of drug-likeness (QED) is 0.309. The molecule has 180 valence electrons. The van der Waals surface area contributed by atoms with Crippen molar-refractivity contribution < 1.29 is 13.9 Å². The Hall–Kier alpha value is -3.82. The highest BCUT2D eigenvalue weighted by molar-refractivity contribution is 9.10. The average Bonchev–Trinajstić information content (AvgIpc) is 3.62. The summed E-state index contributed by atoms with van der Waals surface area (Å²) in [5.41, 5.74) is 5.95. The number of hydrogen-bond acceptors (Lipinski definition) is 4. The fourth-order valence-corrected chi connectivity index (χ4v) is 4.73. The van der Waals surface area contributed by atoms with Crippen molar-refractivity contribution >= 4 is 32.9 Å². The molecule has 1 amide bonds. The summed E-state index contributed by atoms with van der Waals surface area (Å²) in [6.45, 7) is 0.478. The van der Waals surface area contributed by atoms with E-state index in [0.717, 1.165) is 37.9 Å². The predicted octanol–water partition coefficient (Wildman–Crippen LogP) is 5.42. The lowest BCUT2D eigenvalue weighted by molar-refractivity contribution is -0.128. The minimum absolute atomic E-state index is 0.00340. The van der Waals surface area contributed by atoms with Gasteiger partial charge in [0.2, 0.25) is 0 Å². The van der Waals surface area contributed by atoms with Crippen LogP contribution in [0.1, 0.15) is 17.4 Å². The van der Waals surface area contributed by atoms with Gasteiger partial charge >= 0.3 is 0 Å². The fourth-order valence-electron chi connectivity index (χ4n) is 4.47. The van der Waals surface area contributed by atoms with Crippen molar-refractivity contribution in [2.24, 2.45) is 0 Å². The number of nitrogens with zero attached hydrogens (tertiary/aromatic N) is 4. The Morgan fingerprint density at radius 2 is 1.89 bits per heavy atom. The third-order valence-corrected chi connectivity index (χ3v) is 6.84. The van der Waals surface area contributed by atoms with Crippen molar-refractivity contribution in [1.29, 1.82) is 0 Å². The summed E-state index contributed by atoms with van der Waals surface area (Å²) in [4.78, 5) is 22.0. The number of fused-ring (bicyclic) bond motifs is 1. The number of amides is 1. The van der Waals surface area contributed by atoms with Gasteiger partial charge in [-0.15, -0.1) is 0 Å². The number of H-pyrrole nitrogens is 1. The summed E-state index contributed by atoms with van der Waals surface area (Å²) in [5, 5.41) is 4.81. The molecule has 1 N–H and O–H groups in total. The molecule has 36 heavy (non-hydrogen) atoms. The van der Waals surface area contributed by atoms with E-state index < -0.39 is 6.23 Å². The van der Waals surface area contributed by atoms with Crippen molar-refractivity contribution in [3.63, 3.8) is 0 Å². The molecule has 5 aromatic rings. The maximum atomic E-state index is 13.6. The number of ether oxygens (including phenoxy) is 1. The zero-order valence-corrected chi connectivity index (χ0v) is 20.7. The van der Waals surface area contributed by atoms with E-state index in [9.17, 15) is 9.18 Å². The summed E-state index contributed by atoms with van der Waals surface area (Å²) < 4.78 is 22.4. The molecular formula is C27H21BrFN5O2. The topological polar surface area (TPSA) is 76.0 Å². The average molecular weight is 546 g/mol. The van der Waals surface area contributed by atoms with E-state index in [-0.39, 0.29) is 18.3 Å². The second-order valence-electron chi connectivity index (χ2n) is 8.62. The molecule has 3 aromatic carbocycles. The molecular weight excluding hydrogens is 525 g/mol. The third-order valence-electron chi connectivity index (χ3n) is 6.31. The molecule has 3 heterocycles. The summed E-state index contributed by atoms with van der Waals surface area (Å²) in [5.74, 6) is -0.403. The molecule has 1 fully saturated rings. The van der Waals surface area contributed by atoms with Gasteiger partial charge in [-0.2, -0.15) is 5.10 Å². The highest BCUT2D eigenvalue weighted by atomic mass is 79.9. The molecule has 1 atom stereocenters. The second-order valence-corrected chi connectivity index (χ2v) is 9.53. The van der Waals surface area contributed by atoms with Gasteiger partial charge in [-0.05, 0) is 72.6 Å². The molecule has 0 bridgehead atoms. The van der Waals surface area contributed by atoms with Crippen LogP contribution in [0.2, 0.25) is 0 Å². The smallest absolute Gasteiger partial charge is 0.250 e. The minimum Gasteiger partial charge on any atom is -0.345 e. The van der Waals surface area contributed by atoms with Crippen LogP contribution in [0.15, 0.2) is 83.7 Å². The fraction of sp³-hybridized carbons (Fsp3) is 0.148. The molecule has 6 rings (SSSR count). The Morgan fingerprint density at radius 1 is 1.08 bits per heavy atom. The van der Waals surface area contributed by atoms with Crippen molar-refractivity contribution in [3.8, 4) is 16.9 Å². The monoisotopic (exact) mass is 545 g/mol. The number of carbonyl (C=O) groups excluding carboxylic acids is 1. The molecule has 0 aliphatic carbocycles. The van der Waals surface area contributed by atoms with E-state index >= 15 is 0 Å². The van der Waals surface area contributed by atoms with E-state index in [1.54, 1.807) is 28.0 Å². The van der Waals surface area contributed by atoms with Crippen LogP contribution in [0.3, 0.4) is 0 Å². The Kier molecular flexibility index (Phi) is 5.86. The zero-order chi connectivity index (χ0) is 24.6. The number of halogens is 2.